The number of fused-ring (bicyclic) bond motifs is 1. The topological polar surface area (TPSA) is 103 Å². The molecule has 2 aromatic carbocycles. The molecule has 0 saturated carbocycles. The molecule has 164 valence electrons. The summed E-state index contributed by atoms with van der Waals surface area (Å²) in [6.07, 6.45) is 3.24. The van der Waals surface area contributed by atoms with Crippen LogP contribution in [0.15, 0.2) is 67.1 Å². The summed E-state index contributed by atoms with van der Waals surface area (Å²) in [5.74, 6) is 1.04. The second-order valence-electron chi connectivity index (χ2n) is 7.75. The molecule has 9 nitrogen and oxygen atoms in total. The summed E-state index contributed by atoms with van der Waals surface area (Å²) < 4.78 is 3.41. The lowest BCUT2D eigenvalue weighted by atomic mass is 10.1. The molecule has 0 saturated heterocycles. The zero-order chi connectivity index (χ0) is 22.9. The van der Waals surface area contributed by atoms with Crippen LogP contribution in [0.5, 0.6) is 0 Å². The van der Waals surface area contributed by atoms with Gasteiger partial charge in [0.15, 0.2) is 5.65 Å². The summed E-state index contributed by atoms with van der Waals surface area (Å²) in [6.45, 7) is 3.85. The van der Waals surface area contributed by atoms with Crippen molar-refractivity contribution in [3.63, 3.8) is 0 Å². The van der Waals surface area contributed by atoms with Gasteiger partial charge >= 0.3 is 0 Å². The molecule has 0 spiro atoms. The normalized spacial score (nSPS) is 11.0. The van der Waals surface area contributed by atoms with E-state index in [0.717, 1.165) is 28.0 Å². The number of amides is 1. The van der Waals surface area contributed by atoms with Gasteiger partial charge in [-0.1, -0.05) is 24.3 Å². The Morgan fingerprint density at radius 3 is 2.58 bits per heavy atom. The van der Waals surface area contributed by atoms with Gasteiger partial charge in [0.1, 0.15) is 18.0 Å². The van der Waals surface area contributed by atoms with E-state index in [-0.39, 0.29) is 5.91 Å². The first-order chi connectivity index (χ1) is 16.0. The number of benzene rings is 2. The van der Waals surface area contributed by atoms with Gasteiger partial charge in [0.05, 0.1) is 23.0 Å². The van der Waals surface area contributed by atoms with E-state index >= 15 is 0 Å². The Kier molecular flexibility index (Phi) is 5.06. The Bertz CT molecular complexity index is 1470. The van der Waals surface area contributed by atoms with Crippen molar-refractivity contribution in [2.24, 2.45) is 7.05 Å². The maximum atomic E-state index is 12.8. The van der Waals surface area contributed by atoms with E-state index in [1.165, 1.54) is 6.33 Å². The average molecular weight is 438 g/mol. The zero-order valence-corrected chi connectivity index (χ0v) is 18.4. The molecule has 5 rings (SSSR count). The number of nitrogens with one attached hydrogen (secondary N) is 2. The zero-order valence-electron chi connectivity index (χ0n) is 18.4. The van der Waals surface area contributed by atoms with Crippen molar-refractivity contribution < 1.29 is 4.79 Å². The van der Waals surface area contributed by atoms with Crippen LogP contribution < -0.4 is 10.6 Å². The third-order valence-corrected chi connectivity index (χ3v) is 5.36. The lowest BCUT2D eigenvalue weighted by Crippen LogP contribution is -2.15. The van der Waals surface area contributed by atoms with E-state index in [1.807, 2.05) is 62.4 Å². The van der Waals surface area contributed by atoms with E-state index in [1.54, 1.807) is 28.7 Å². The summed E-state index contributed by atoms with van der Waals surface area (Å²) in [6, 6.07) is 17.1. The molecule has 2 N–H and O–H groups in total. The smallest absolute Gasteiger partial charge is 0.256 e. The van der Waals surface area contributed by atoms with Gasteiger partial charge in [-0.3, -0.25) is 9.48 Å². The quantitative estimate of drug-likeness (QED) is 0.427. The molecule has 0 fully saturated rings. The van der Waals surface area contributed by atoms with Crippen molar-refractivity contribution in [3.8, 4) is 5.69 Å². The first-order valence-electron chi connectivity index (χ1n) is 10.4. The van der Waals surface area contributed by atoms with Gasteiger partial charge in [-0.05, 0) is 43.7 Å². The van der Waals surface area contributed by atoms with Crippen molar-refractivity contribution >= 4 is 34.3 Å². The molecule has 9 heteroatoms. The molecule has 0 radical (unpaired) electrons. The monoisotopic (exact) mass is 438 g/mol. The van der Waals surface area contributed by atoms with Crippen molar-refractivity contribution in [1.29, 1.82) is 0 Å². The Balaban J connectivity index is 1.45. The Labute approximate surface area is 190 Å². The number of hydrogen-bond acceptors (Lipinski definition) is 6. The molecule has 5 aromatic rings. The third kappa shape index (κ3) is 3.91. The lowest BCUT2D eigenvalue weighted by molar-refractivity contribution is 0.102. The predicted molar refractivity (Wildman–Crippen MR) is 127 cm³/mol. The molecule has 0 bridgehead atoms. The van der Waals surface area contributed by atoms with Gasteiger partial charge in [0, 0.05) is 24.4 Å². The molecule has 3 heterocycles. The fourth-order valence-electron chi connectivity index (χ4n) is 3.64. The van der Waals surface area contributed by atoms with Gasteiger partial charge in [0.25, 0.3) is 5.91 Å². The van der Waals surface area contributed by atoms with Crippen LogP contribution in [-0.2, 0) is 7.05 Å². The molecule has 0 aliphatic rings. The second-order valence-corrected chi connectivity index (χ2v) is 7.75. The molecule has 0 aliphatic carbocycles. The maximum Gasteiger partial charge on any atom is 0.256 e. The number of carbonyl (C=O) groups is 1. The third-order valence-electron chi connectivity index (χ3n) is 5.36. The van der Waals surface area contributed by atoms with E-state index in [9.17, 15) is 4.79 Å². The van der Waals surface area contributed by atoms with Crippen molar-refractivity contribution in [2.75, 3.05) is 10.6 Å². The van der Waals surface area contributed by atoms with Crippen LogP contribution in [0.3, 0.4) is 0 Å². The summed E-state index contributed by atoms with van der Waals surface area (Å²) in [4.78, 5) is 21.7. The number of aromatic nitrogens is 6. The molecule has 3 aromatic heterocycles. The van der Waals surface area contributed by atoms with Crippen molar-refractivity contribution in [2.45, 2.75) is 13.8 Å². The van der Waals surface area contributed by atoms with Crippen LogP contribution in [0.25, 0.3) is 16.7 Å². The van der Waals surface area contributed by atoms with Crippen molar-refractivity contribution in [1.82, 2.24) is 29.5 Å². The Morgan fingerprint density at radius 1 is 1.00 bits per heavy atom. The molecule has 0 atom stereocenters. The number of hydrogen-bond donors (Lipinski definition) is 2. The van der Waals surface area contributed by atoms with E-state index < -0.39 is 0 Å². The molecule has 1 amide bonds. The van der Waals surface area contributed by atoms with Crippen LogP contribution in [0.2, 0.25) is 0 Å². The summed E-state index contributed by atoms with van der Waals surface area (Å²) >= 11 is 0. The van der Waals surface area contributed by atoms with E-state index in [0.29, 0.717) is 22.8 Å². The van der Waals surface area contributed by atoms with Crippen LogP contribution >= 0.6 is 0 Å². The number of para-hydroxylation sites is 1. The first kappa shape index (κ1) is 20.4. The summed E-state index contributed by atoms with van der Waals surface area (Å²) in [5.41, 5.74) is 4.71. The maximum absolute atomic E-state index is 12.8. The van der Waals surface area contributed by atoms with Gasteiger partial charge in [0.2, 0.25) is 0 Å². The summed E-state index contributed by atoms with van der Waals surface area (Å²) in [5, 5.41) is 15.8. The van der Waals surface area contributed by atoms with Gasteiger partial charge in [-0.15, -0.1) is 0 Å². The second kappa shape index (κ2) is 8.19. The highest BCUT2D eigenvalue weighted by molar-refractivity contribution is 6.04. The van der Waals surface area contributed by atoms with Crippen molar-refractivity contribution in [3.05, 3.63) is 83.9 Å². The molecular formula is C24H22N8O. The molecule has 0 unspecified atom stereocenters. The highest BCUT2D eigenvalue weighted by Gasteiger charge is 2.14. The SMILES string of the molecule is Cc1cc(NC(=O)c2ccc(C)c(Nc3ncnc4c3cnn4-c3ccccc3)c2)n(C)n1. The van der Waals surface area contributed by atoms with Crippen LogP contribution in [0, 0.1) is 13.8 Å². The number of aryl methyl sites for hydroxylation is 3. The van der Waals surface area contributed by atoms with Crippen LogP contribution in [0.4, 0.5) is 17.3 Å². The molecule has 0 aliphatic heterocycles. The van der Waals surface area contributed by atoms with Gasteiger partial charge in [-0.25, -0.2) is 14.6 Å². The predicted octanol–water partition coefficient (Wildman–Crippen LogP) is 4.16. The van der Waals surface area contributed by atoms with E-state index in [2.05, 4.69) is 30.8 Å². The van der Waals surface area contributed by atoms with E-state index in [4.69, 9.17) is 0 Å². The molecule has 33 heavy (non-hydrogen) atoms. The minimum absolute atomic E-state index is 0.217. The minimum atomic E-state index is -0.217. The number of carbonyl (C=O) groups excluding carboxylic acids is 1. The highest BCUT2D eigenvalue weighted by Crippen LogP contribution is 2.27. The number of rotatable bonds is 5. The lowest BCUT2D eigenvalue weighted by Gasteiger charge is -2.12. The van der Waals surface area contributed by atoms with Crippen LogP contribution in [-0.4, -0.2) is 35.4 Å². The average Bonchev–Trinajstić information content (AvgIpc) is 3.39. The fourth-order valence-corrected chi connectivity index (χ4v) is 3.64. The standard InChI is InChI=1S/C24H22N8O/c1-15-9-10-17(24(33)29-21-11-16(2)30-31(21)3)12-20(15)28-22-19-13-27-32(23(19)26-14-25-22)18-7-5-4-6-8-18/h4-14H,1-3H3,(H,29,33)(H,25,26,28). The van der Waals surface area contributed by atoms with Crippen LogP contribution in [0.1, 0.15) is 21.6 Å². The highest BCUT2D eigenvalue weighted by atomic mass is 16.1. The Hall–Kier alpha value is -4.53. The first-order valence-corrected chi connectivity index (χ1v) is 10.4. The number of nitrogens with zero attached hydrogens (tertiary/aromatic N) is 6. The minimum Gasteiger partial charge on any atom is -0.339 e. The van der Waals surface area contributed by atoms with Gasteiger partial charge < -0.3 is 10.6 Å². The fraction of sp³-hybridized carbons (Fsp3) is 0.125. The molecular weight excluding hydrogens is 416 g/mol. The Morgan fingerprint density at radius 2 is 1.82 bits per heavy atom. The largest absolute Gasteiger partial charge is 0.339 e. The van der Waals surface area contributed by atoms with Gasteiger partial charge in [-0.2, -0.15) is 10.2 Å². The number of anilines is 3. The summed E-state index contributed by atoms with van der Waals surface area (Å²) in [7, 11) is 1.79.